The molecule has 0 radical (unpaired) electrons. The van der Waals surface area contributed by atoms with Crippen LogP contribution < -0.4 is 10.9 Å². The fourth-order valence-corrected chi connectivity index (χ4v) is 6.15. The van der Waals surface area contributed by atoms with Gasteiger partial charge in [0.25, 0.3) is 0 Å². The summed E-state index contributed by atoms with van der Waals surface area (Å²) in [4.78, 5) is 0. The first-order chi connectivity index (χ1) is 7.77. The Bertz CT molecular complexity index is 655. The van der Waals surface area contributed by atoms with E-state index in [-0.39, 0.29) is 16.4 Å². The first-order valence-electron chi connectivity index (χ1n) is 4.52. The molecule has 17 heavy (non-hydrogen) atoms. The lowest BCUT2D eigenvalue weighted by Crippen LogP contribution is -2.19. The second kappa shape index (κ2) is 3.95. The lowest BCUT2D eigenvalue weighted by molar-refractivity contribution is 0.603. The van der Waals surface area contributed by atoms with Crippen LogP contribution in [0.25, 0.3) is 0 Å². The van der Waals surface area contributed by atoms with E-state index in [4.69, 9.17) is 10.9 Å². The number of sulfonamides is 1. The molecule has 2 aliphatic rings. The molecule has 0 spiro atoms. The van der Waals surface area contributed by atoms with Crippen LogP contribution in [0.1, 0.15) is 0 Å². The van der Waals surface area contributed by atoms with E-state index < -0.39 is 24.4 Å². The summed E-state index contributed by atoms with van der Waals surface area (Å²) in [6, 6.07) is 0. The van der Waals surface area contributed by atoms with E-state index >= 15 is 0 Å². The zero-order valence-corrected chi connectivity index (χ0v) is 11.0. The molecule has 0 aromatic rings. The quantitative estimate of drug-likeness (QED) is 0.700. The summed E-state index contributed by atoms with van der Waals surface area (Å²) in [5.74, 6) is 0. The summed E-state index contributed by atoms with van der Waals surface area (Å²) < 4.78 is 45.1. The van der Waals surface area contributed by atoms with Crippen molar-refractivity contribution in [1.29, 1.82) is 0 Å². The highest BCUT2D eigenvalue weighted by Gasteiger charge is 2.42. The smallest absolute Gasteiger partial charge is 0.244 e. The molecule has 0 aliphatic carbocycles. The number of allylic oxidation sites excluding steroid dienone is 2. The van der Waals surface area contributed by atoms with Crippen molar-refractivity contribution in [2.24, 2.45) is 10.9 Å². The molecule has 0 amide bonds. The van der Waals surface area contributed by atoms with E-state index in [0.717, 1.165) is 17.2 Å². The minimum absolute atomic E-state index is 0.0650. The second-order valence-corrected chi connectivity index (χ2v) is 8.60. The average Bonchev–Trinajstić information content (AvgIpc) is 2.56. The molecule has 4 N–H and O–H groups in total. The van der Waals surface area contributed by atoms with Gasteiger partial charge in [-0.3, -0.25) is 0 Å². The van der Waals surface area contributed by atoms with Gasteiger partial charge in [-0.05, 0) is 11.1 Å². The Balaban J connectivity index is 2.64. The minimum atomic E-state index is -3.94. The van der Waals surface area contributed by atoms with Gasteiger partial charge in [0.2, 0.25) is 10.0 Å². The Morgan fingerprint density at radius 2 is 2.06 bits per heavy atom. The van der Waals surface area contributed by atoms with Gasteiger partial charge in [-0.15, -0.1) is 0 Å². The molecule has 9 heteroatoms. The number of rotatable bonds is 2. The highest BCUT2D eigenvalue weighted by atomic mass is 32.3. The van der Waals surface area contributed by atoms with Gasteiger partial charge in [-0.25, -0.2) is 22.0 Å². The molecule has 2 heterocycles. The van der Waals surface area contributed by atoms with Crippen LogP contribution in [0.2, 0.25) is 0 Å². The Hall–Kier alpha value is -0.610. The molecule has 2 aliphatic heterocycles. The van der Waals surface area contributed by atoms with Crippen molar-refractivity contribution < 1.29 is 16.8 Å². The van der Waals surface area contributed by atoms with Gasteiger partial charge < -0.3 is 5.73 Å². The van der Waals surface area contributed by atoms with E-state index in [1.807, 2.05) is 0 Å². The number of fused-ring (bicyclic) bond motifs is 1. The molecule has 0 aromatic carbocycles. The van der Waals surface area contributed by atoms with Crippen LogP contribution in [0.3, 0.4) is 0 Å². The maximum Gasteiger partial charge on any atom is 0.244 e. The van der Waals surface area contributed by atoms with E-state index in [1.54, 1.807) is 6.08 Å². The monoisotopic (exact) mass is 294 g/mol. The largest absolute Gasteiger partial charge is 0.326 e. The molecular formula is C8H10N2O4S3. The third-order valence-corrected chi connectivity index (χ3v) is 7.53. The van der Waals surface area contributed by atoms with Crippen LogP contribution >= 0.6 is 11.8 Å². The van der Waals surface area contributed by atoms with Crippen molar-refractivity contribution in [1.82, 2.24) is 0 Å². The molecule has 0 saturated carbocycles. The summed E-state index contributed by atoms with van der Waals surface area (Å²) in [5, 5.41) is 6.10. The standard InChI is InChI=1S/C8H10N2O4S3/c9-4-6-5-2-1-3-16(11,12)7(5)15-8(6)17(10,13)14/h1-3,7H,4,9H2,(H2,10,13,14). The van der Waals surface area contributed by atoms with Crippen molar-refractivity contribution in [3.05, 3.63) is 32.9 Å². The first kappa shape index (κ1) is 12.8. The van der Waals surface area contributed by atoms with E-state index in [2.05, 4.69) is 0 Å². The van der Waals surface area contributed by atoms with Crippen LogP contribution in [-0.2, 0) is 19.9 Å². The summed E-state index contributed by atoms with van der Waals surface area (Å²) in [6.45, 7) is -0.0650. The molecule has 0 fully saturated rings. The van der Waals surface area contributed by atoms with Crippen LogP contribution in [0.5, 0.6) is 0 Å². The molecule has 0 bridgehead atoms. The normalized spacial score (nSPS) is 26.9. The summed E-state index contributed by atoms with van der Waals surface area (Å²) >= 11 is 0.720. The number of nitrogens with two attached hydrogens (primary N) is 2. The Morgan fingerprint density at radius 3 is 2.59 bits per heavy atom. The fourth-order valence-electron chi connectivity index (χ4n) is 1.68. The topological polar surface area (TPSA) is 120 Å². The number of hydrogen-bond donors (Lipinski definition) is 2. The van der Waals surface area contributed by atoms with Crippen molar-refractivity contribution in [3.8, 4) is 0 Å². The van der Waals surface area contributed by atoms with Crippen molar-refractivity contribution in [3.63, 3.8) is 0 Å². The van der Waals surface area contributed by atoms with Gasteiger partial charge >= 0.3 is 0 Å². The zero-order chi connectivity index (χ0) is 12.8. The fraction of sp³-hybridized carbons (Fsp3) is 0.250. The number of thioether (sulfide) groups is 1. The molecule has 1 unspecified atom stereocenters. The molecule has 2 rings (SSSR count). The highest BCUT2D eigenvalue weighted by molar-refractivity contribution is 8.25. The lowest BCUT2D eigenvalue weighted by atomic mass is 10.1. The van der Waals surface area contributed by atoms with Gasteiger partial charge in [0.05, 0.1) is 0 Å². The van der Waals surface area contributed by atoms with E-state index in [9.17, 15) is 16.8 Å². The average molecular weight is 294 g/mol. The SMILES string of the molecule is NCC1=C(S(N)(=O)=O)SC2C1=CC=CS2(=O)=O. The number of primary sulfonamides is 1. The van der Waals surface area contributed by atoms with Gasteiger partial charge in [0.1, 0.15) is 8.82 Å². The molecular weight excluding hydrogens is 284 g/mol. The predicted molar refractivity (Wildman–Crippen MR) is 66.7 cm³/mol. The van der Waals surface area contributed by atoms with Gasteiger partial charge in [0.15, 0.2) is 9.84 Å². The predicted octanol–water partition coefficient (Wildman–Crippen LogP) is -0.613. The third kappa shape index (κ3) is 2.08. The molecule has 1 atom stereocenters. The van der Waals surface area contributed by atoms with Crippen molar-refractivity contribution in [2.75, 3.05) is 6.54 Å². The van der Waals surface area contributed by atoms with E-state index in [1.165, 1.54) is 6.08 Å². The second-order valence-electron chi connectivity index (χ2n) is 3.50. The zero-order valence-electron chi connectivity index (χ0n) is 8.53. The van der Waals surface area contributed by atoms with Crippen molar-refractivity contribution in [2.45, 2.75) is 4.58 Å². The first-order valence-corrected chi connectivity index (χ1v) is 8.56. The van der Waals surface area contributed by atoms with E-state index in [0.29, 0.717) is 5.57 Å². The highest BCUT2D eigenvalue weighted by Crippen LogP contribution is 2.47. The summed E-state index contributed by atoms with van der Waals surface area (Å²) in [6.07, 6.45) is 2.92. The van der Waals surface area contributed by atoms with Crippen LogP contribution in [0.15, 0.2) is 32.9 Å². The maximum absolute atomic E-state index is 11.7. The van der Waals surface area contributed by atoms with Crippen molar-refractivity contribution >= 4 is 31.6 Å². The summed E-state index contributed by atoms with van der Waals surface area (Å²) in [5.41, 5.74) is 6.16. The van der Waals surface area contributed by atoms with Crippen LogP contribution in [-0.4, -0.2) is 28.0 Å². The number of hydrogen-bond acceptors (Lipinski definition) is 6. The van der Waals surface area contributed by atoms with Gasteiger partial charge in [-0.1, -0.05) is 23.9 Å². The maximum atomic E-state index is 11.7. The lowest BCUT2D eigenvalue weighted by Gasteiger charge is -2.14. The molecule has 0 saturated heterocycles. The van der Waals surface area contributed by atoms with Gasteiger partial charge in [0, 0.05) is 12.0 Å². The number of sulfone groups is 1. The summed E-state index contributed by atoms with van der Waals surface area (Å²) in [7, 11) is -7.44. The minimum Gasteiger partial charge on any atom is -0.326 e. The Kier molecular flexibility index (Phi) is 2.99. The Labute approximate surface area is 103 Å². The third-order valence-electron chi connectivity index (χ3n) is 2.37. The van der Waals surface area contributed by atoms with Crippen LogP contribution in [0.4, 0.5) is 0 Å². The van der Waals surface area contributed by atoms with Gasteiger partial charge in [-0.2, -0.15) is 0 Å². The molecule has 94 valence electrons. The molecule has 6 nitrogen and oxygen atoms in total. The Morgan fingerprint density at radius 1 is 1.41 bits per heavy atom. The molecule has 0 aromatic heterocycles. The van der Waals surface area contributed by atoms with Crippen LogP contribution in [0, 0.1) is 0 Å².